The number of rotatable bonds is 6. The van der Waals surface area contributed by atoms with Crippen LogP contribution in [-0.4, -0.2) is 28.3 Å². The van der Waals surface area contributed by atoms with Crippen LogP contribution in [0.25, 0.3) is 0 Å². The molecule has 130 valence electrons. The summed E-state index contributed by atoms with van der Waals surface area (Å²) in [7, 11) is 0. The van der Waals surface area contributed by atoms with Gasteiger partial charge in [-0.2, -0.15) is 0 Å². The number of amides is 1. The minimum absolute atomic E-state index is 0.00455. The lowest BCUT2D eigenvalue weighted by molar-refractivity contribution is 0.0322. The lowest BCUT2D eigenvalue weighted by Crippen LogP contribution is -2.38. The fraction of sp³-hybridized carbons (Fsp3) is 0.444. The van der Waals surface area contributed by atoms with Crippen LogP contribution in [0.4, 0.5) is 0 Å². The van der Waals surface area contributed by atoms with Crippen molar-refractivity contribution in [3.8, 4) is 0 Å². The zero-order chi connectivity index (χ0) is 18.1. The minimum atomic E-state index is -1.32. The molecule has 0 aliphatic heterocycles. The van der Waals surface area contributed by atoms with Gasteiger partial charge in [0.25, 0.3) is 5.91 Å². The largest absolute Gasteiger partial charge is 0.463 e. The first-order valence-electron chi connectivity index (χ1n) is 7.97. The molecule has 2 aromatic heterocycles. The van der Waals surface area contributed by atoms with Crippen LogP contribution in [0.5, 0.6) is 0 Å². The average molecular weight is 332 g/mol. The van der Waals surface area contributed by atoms with Gasteiger partial charge in [-0.05, 0) is 51.8 Å². The van der Waals surface area contributed by atoms with Crippen LogP contribution in [0.1, 0.15) is 64.4 Å². The second kappa shape index (κ2) is 6.65. The quantitative estimate of drug-likeness (QED) is 0.709. The maximum atomic E-state index is 12.5. The van der Waals surface area contributed by atoms with Crippen molar-refractivity contribution in [2.75, 3.05) is 6.54 Å². The number of furan rings is 1. The molecule has 0 aromatic carbocycles. The first-order valence-corrected chi connectivity index (χ1v) is 7.97. The highest BCUT2D eigenvalue weighted by Gasteiger charge is 2.29. The molecular weight excluding hydrogens is 308 g/mol. The maximum Gasteiger partial charge on any atom is 0.268 e. The van der Waals surface area contributed by atoms with Crippen LogP contribution in [0.2, 0.25) is 0 Å². The van der Waals surface area contributed by atoms with Gasteiger partial charge in [0.1, 0.15) is 22.8 Å². The Hall–Kier alpha value is -2.34. The Morgan fingerprint density at radius 3 is 2.50 bits per heavy atom. The van der Waals surface area contributed by atoms with Crippen LogP contribution < -0.4 is 5.32 Å². The lowest BCUT2D eigenvalue weighted by Gasteiger charge is -2.21. The predicted molar refractivity (Wildman–Crippen MR) is 90.3 cm³/mol. The summed E-state index contributed by atoms with van der Waals surface area (Å²) in [5, 5.41) is 13.2. The van der Waals surface area contributed by atoms with Gasteiger partial charge in [0.15, 0.2) is 5.78 Å². The lowest BCUT2D eigenvalue weighted by atomic mass is 10.0. The predicted octanol–water partition coefficient (Wildman–Crippen LogP) is 2.63. The number of aromatic amines is 1. The Morgan fingerprint density at radius 2 is 2.00 bits per heavy atom. The van der Waals surface area contributed by atoms with E-state index in [1.54, 1.807) is 32.9 Å². The van der Waals surface area contributed by atoms with Gasteiger partial charge in [0.05, 0.1) is 6.54 Å². The van der Waals surface area contributed by atoms with Crippen LogP contribution in [0, 0.1) is 13.8 Å². The van der Waals surface area contributed by atoms with E-state index in [9.17, 15) is 14.7 Å². The number of aromatic nitrogens is 1. The number of H-pyrrole nitrogens is 1. The standard InChI is InChI=1S/C18H24N2O4/c1-6-13-15(12(4)21)11(3)20-16(13)17(22)19-9-18(5,23)14-8-7-10(2)24-14/h7-8,20,23H,6,9H2,1-5H3,(H,19,22). The SMILES string of the molecule is CCc1c(C(=O)NCC(C)(O)c2ccc(C)o2)[nH]c(C)c1C(C)=O. The Kier molecular flexibility index (Phi) is 4.99. The van der Waals surface area contributed by atoms with E-state index in [0.717, 1.165) is 0 Å². The van der Waals surface area contributed by atoms with Crippen LogP contribution in [0.3, 0.4) is 0 Å². The van der Waals surface area contributed by atoms with E-state index in [1.807, 2.05) is 6.92 Å². The number of aryl methyl sites for hydroxylation is 2. The molecule has 3 N–H and O–H groups in total. The van der Waals surface area contributed by atoms with Crippen molar-refractivity contribution in [2.24, 2.45) is 0 Å². The van der Waals surface area contributed by atoms with Crippen molar-refractivity contribution in [2.45, 2.75) is 46.6 Å². The van der Waals surface area contributed by atoms with Gasteiger partial charge >= 0.3 is 0 Å². The number of carbonyl (C=O) groups excluding carboxylic acids is 2. The molecule has 2 aromatic rings. The van der Waals surface area contributed by atoms with Gasteiger partial charge in [-0.25, -0.2) is 0 Å². The molecule has 0 bridgehead atoms. The maximum absolute atomic E-state index is 12.5. The highest BCUT2D eigenvalue weighted by Crippen LogP contribution is 2.23. The molecule has 2 heterocycles. The number of ketones is 1. The number of hydrogen-bond donors (Lipinski definition) is 3. The summed E-state index contributed by atoms with van der Waals surface area (Å²) in [4.78, 5) is 27.3. The molecule has 0 aliphatic carbocycles. The van der Waals surface area contributed by atoms with Crippen molar-refractivity contribution < 1.29 is 19.1 Å². The van der Waals surface area contributed by atoms with Gasteiger partial charge in [-0.15, -0.1) is 0 Å². The third-order valence-corrected chi connectivity index (χ3v) is 4.09. The fourth-order valence-corrected chi connectivity index (χ4v) is 2.85. The second-order valence-corrected chi connectivity index (χ2v) is 6.26. The van der Waals surface area contributed by atoms with E-state index < -0.39 is 5.60 Å². The Labute approximate surface area is 141 Å². The van der Waals surface area contributed by atoms with E-state index in [1.165, 1.54) is 6.92 Å². The molecule has 6 nitrogen and oxygen atoms in total. The van der Waals surface area contributed by atoms with Gasteiger partial charge in [-0.3, -0.25) is 9.59 Å². The Morgan fingerprint density at radius 1 is 1.33 bits per heavy atom. The highest BCUT2D eigenvalue weighted by atomic mass is 16.4. The first kappa shape index (κ1) is 18.0. The Balaban J connectivity index is 2.19. The third-order valence-electron chi connectivity index (χ3n) is 4.09. The van der Waals surface area contributed by atoms with Crippen LogP contribution >= 0.6 is 0 Å². The van der Waals surface area contributed by atoms with Crippen LogP contribution in [-0.2, 0) is 12.0 Å². The van der Waals surface area contributed by atoms with Gasteiger partial charge in [-0.1, -0.05) is 6.92 Å². The van der Waals surface area contributed by atoms with E-state index >= 15 is 0 Å². The zero-order valence-electron chi connectivity index (χ0n) is 14.7. The summed E-state index contributed by atoms with van der Waals surface area (Å²) in [6, 6.07) is 3.44. The summed E-state index contributed by atoms with van der Waals surface area (Å²) >= 11 is 0. The topological polar surface area (TPSA) is 95.3 Å². The highest BCUT2D eigenvalue weighted by molar-refractivity contribution is 6.02. The molecule has 0 aliphatic rings. The molecule has 0 radical (unpaired) electrons. The molecule has 0 saturated heterocycles. The zero-order valence-corrected chi connectivity index (χ0v) is 14.7. The monoisotopic (exact) mass is 332 g/mol. The smallest absolute Gasteiger partial charge is 0.268 e. The van der Waals surface area contributed by atoms with Crippen LogP contribution in [0.15, 0.2) is 16.5 Å². The van der Waals surface area contributed by atoms with Crippen molar-refractivity contribution in [1.82, 2.24) is 10.3 Å². The molecule has 1 unspecified atom stereocenters. The summed E-state index contributed by atoms with van der Waals surface area (Å²) in [6.45, 7) is 8.52. The van der Waals surface area contributed by atoms with Crippen molar-refractivity contribution in [1.29, 1.82) is 0 Å². The first-order chi connectivity index (χ1) is 11.2. The number of nitrogens with one attached hydrogen (secondary N) is 2. The van der Waals surface area contributed by atoms with Crippen molar-refractivity contribution in [3.05, 3.63) is 46.2 Å². The summed E-state index contributed by atoms with van der Waals surface area (Å²) in [5.41, 5.74) is 0.994. The fourth-order valence-electron chi connectivity index (χ4n) is 2.85. The second-order valence-electron chi connectivity index (χ2n) is 6.26. The summed E-state index contributed by atoms with van der Waals surface area (Å²) in [5.74, 6) is 0.655. The van der Waals surface area contributed by atoms with E-state index in [-0.39, 0.29) is 18.2 Å². The number of aliphatic hydroxyl groups is 1. The average Bonchev–Trinajstić information content (AvgIpc) is 3.08. The summed E-state index contributed by atoms with van der Waals surface area (Å²) in [6.07, 6.45) is 0.565. The van der Waals surface area contributed by atoms with Gasteiger partial charge in [0, 0.05) is 11.3 Å². The van der Waals surface area contributed by atoms with Crippen molar-refractivity contribution in [3.63, 3.8) is 0 Å². The molecule has 24 heavy (non-hydrogen) atoms. The normalized spacial score (nSPS) is 13.6. The molecule has 0 spiro atoms. The summed E-state index contributed by atoms with van der Waals surface area (Å²) < 4.78 is 5.43. The third kappa shape index (κ3) is 3.43. The molecular formula is C18H24N2O4. The number of carbonyl (C=O) groups is 2. The molecule has 1 amide bonds. The van der Waals surface area contributed by atoms with Gasteiger partial charge < -0.3 is 19.8 Å². The van der Waals surface area contributed by atoms with Gasteiger partial charge in [0.2, 0.25) is 0 Å². The molecule has 1 atom stereocenters. The van der Waals surface area contributed by atoms with E-state index in [2.05, 4.69) is 10.3 Å². The van der Waals surface area contributed by atoms with Crippen molar-refractivity contribution >= 4 is 11.7 Å². The molecule has 2 rings (SSSR count). The van der Waals surface area contributed by atoms with E-state index in [4.69, 9.17) is 4.42 Å². The number of hydrogen-bond acceptors (Lipinski definition) is 4. The Bertz CT molecular complexity index is 768. The molecule has 0 saturated carbocycles. The minimum Gasteiger partial charge on any atom is -0.463 e. The number of Topliss-reactive ketones (excluding diaryl/α,β-unsaturated/α-hetero) is 1. The molecule has 6 heteroatoms. The molecule has 0 fully saturated rings. The van der Waals surface area contributed by atoms with E-state index in [0.29, 0.717) is 40.5 Å².